The largest absolute Gasteiger partial charge is 0.399 e. The number of hydrogen-bond donors (Lipinski definition) is 2. The lowest BCUT2D eigenvalue weighted by Gasteiger charge is -2.43. The van der Waals surface area contributed by atoms with Gasteiger partial charge in [0.1, 0.15) is 0 Å². The van der Waals surface area contributed by atoms with E-state index >= 15 is 0 Å². The summed E-state index contributed by atoms with van der Waals surface area (Å²) in [5, 5.41) is 0. The van der Waals surface area contributed by atoms with E-state index in [0.717, 1.165) is 17.9 Å². The molecule has 27 heavy (non-hydrogen) atoms. The van der Waals surface area contributed by atoms with Crippen LogP contribution in [-0.2, 0) is 6.54 Å². The molecule has 138 valence electrons. The van der Waals surface area contributed by atoms with Crippen molar-refractivity contribution < 1.29 is 0 Å². The molecule has 0 aromatic heterocycles. The highest BCUT2D eigenvalue weighted by Crippen LogP contribution is 2.42. The van der Waals surface area contributed by atoms with Gasteiger partial charge < -0.3 is 11.5 Å². The van der Waals surface area contributed by atoms with Crippen LogP contribution in [0.4, 0.5) is 11.4 Å². The van der Waals surface area contributed by atoms with Gasteiger partial charge in [-0.2, -0.15) is 0 Å². The van der Waals surface area contributed by atoms with Crippen LogP contribution in [0.5, 0.6) is 0 Å². The molecular formula is C24H27N3. The number of nitrogen functional groups attached to an aromatic ring is 2. The topological polar surface area (TPSA) is 55.3 Å². The monoisotopic (exact) mass is 357 g/mol. The van der Waals surface area contributed by atoms with E-state index in [1.54, 1.807) is 0 Å². The Morgan fingerprint density at radius 3 is 1.78 bits per heavy atom. The molecule has 3 nitrogen and oxygen atoms in total. The summed E-state index contributed by atoms with van der Waals surface area (Å²) in [6.45, 7) is 0.912. The second kappa shape index (κ2) is 7.85. The van der Waals surface area contributed by atoms with Crippen molar-refractivity contribution in [2.75, 3.05) is 11.5 Å². The molecule has 0 radical (unpaired) electrons. The van der Waals surface area contributed by atoms with Crippen molar-refractivity contribution in [1.29, 1.82) is 0 Å². The highest BCUT2D eigenvalue weighted by molar-refractivity contribution is 5.41. The maximum atomic E-state index is 5.92. The van der Waals surface area contributed by atoms with Gasteiger partial charge in [0.05, 0.1) is 0 Å². The van der Waals surface area contributed by atoms with E-state index in [9.17, 15) is 0 Å². The van der Waals surface area contributed by atoms with E-state index in [4.69, 9.17) is 11.5 Å². The van der Waals surface area contributed by atoms with E-state index in [1.165, 1.54) is 36.0 Å². The lowest BCUT2D eigenvalue weighted by molar-refractivity contribution is 0.0735. The molecule has 2 atom stereocenters. The van der Waals surface area contributed by atoms with Gasteiger partial charge in [0, 0.05) is 30.0 Å². The summed E-state index contributed by atoms with van der Waals surface area (Å²) in [7, 11) is 0. The Morgan fingerprint density at radius 1 is 0.667 bits per heavy atom. The molecule has 3 aromatic rings. The number of rotatable bonds is 4. The van der Waals surface area contributed by atoms with Crippen LogP contribution < -0.4 is 11.5 Å². The lowest BCUT2D eigenvalue weighted by atomic mass is 9.87. The molecule has 1 aliphatic rings. The van der Waals surface area contributed by atoms with Crippen molar-refractivity contribution >= 4 is 11.4 Å². The standard InChI is InChI=1S/C24H27N3/c25-21-13-9-18(10-14-21)17-27-23(19-5-2-1-3-6-19)7-4-8-24(27)20-11-15-22(26)16-12-20/h1-3,5-6,9-16,23-24H,4,7-8,17,25-26H2. The van der Waals surface area contributed by atoms with Crippen molar-refractivity contribution in [2.45, 2.75) is 37.9 Å². The van der Waals surface area contributed by atoms with Crippen LogP contribution in [0.2, 0.25) is 0 Å². The van der Waals surface area contributed by atoms with Crippen molar-refractivity contribution in [3.05, 3.63) is 95.6 Å². The third-order valence-corrected chi connectivity index (χ3v) is 5.61. The number of piperidine rings is 1. The van der Waals surface area contributed by atoms with Crippen LogP contribution >= 0.6 is 0 Å². The molecular weight excluding hydrogens is 330 g/mol. The van der Waals surface area contributed by atoms with Crippen molar-refractivity contribution in [1.82, 2.24) is 4.90 Å². The van der Waals surface area contributed by atoms with Gasteiger partial charge in [-0.1, -0.05) is 54.6 Å². The molecule has 0 aliphatic carbocycles. The molecule has 0 saturated carbocycles. The van der Waals surface area contributed by atoms with Gasteiger partial charge in [-0.25, -0.2) is 0 Å². The Morgan fingerprint density at radius 2 is 1.19 bits per heavy atom. The van der Waals surface area contributed by atoms with Crippen LogP contribution in [0.15, 0.2) is 78.9 Å². The van der Waals surface area contributed by atoms with Crippen LogP contribution in [0.3, 0.4) is 0 Å². The normalized spacial score (nSPS) is 20.4. The molecule has 4 N–H and O–H groups in total. The Balaban J connectivity index is 1.69. The van der Waals surface area contributed by atoms with E-state index in [-0.39, 0.29) is 0 Å². The molecule has 0 spiro atoms. The van der Waals surface area contributed by atoms with Crippen LogP contribution in [0.1, 0.15) is 48.0 Å². The maximum absolute atomic E-state index is 5.92. The summed E-state index contributed by atoms with van der Waals surface area (Å²) < 4.78 is 0. The zero-order valence-electron chi connectivity index (χ0n) is 15.6. The first-order valence-corrected chi connectivity index (χ1v) is 9.71. The first-order valence-electron chi connectivity index (χ1n) is 9.71. The Bertz CT molecular complexity index is 856. The van der Waals surface area contributed by atoms with Gasteiger partial charge in [-0.3, -0.25) is 4.90 Å². The second-order valence-corrected chi connectivity index (χ2v) is 7.45. The summed E-state index contributed by atoms with van der Waals surface area (Å²) in [5.74, 6) is 0. The zero-order chi connectivity index (χ0) is 18.6. The summed E-state index contributed by atoms with van der Waals surface area (Å²) in [5.41, 5.74) is 17.5. The molecule has 3 aromatic carbocycles. The minimum absolute atomic E-state index is 0.391. The lowest BCUT2D eigenvalue weighted by Crippen LogP contribution is -2.36. The maximum Gasteiger partial charge on any atom is 0.0357 e. The fourth-order valence-electron chi connectivity index (χ4n) is 4.22. The molecule has 1 aliphatic heterocycles. The summed E-state index contributed by atoms with van der Waals surface area (Å²) >= 11 is 0. The molecule has 3 heteroatoms. The fraction of sp³-hybridized carbons (Fsp3) is 0.250. The van der Waals surface area contributed by atoms with Gasteiger partial charge in [0.15, 0.2) is 0 Å². The van der Waals surface area contributed by atoms with Crippen molar-refractivity contribution in [3.8, 4) is 0 Å². The number of nitrogens with two attached hydrogens (primary N) is 2. The molecule has 4 rings (SSSR count). The predicted molar refractivity (Wildman–Crippen MR) is 113 cm³/mol. The minimum atomic E-state index is 0.391. The quantitative estimate of drug-likeness (QED) is 0.621. The number of anilines is 2. The van der Waals surface area contributed by atoms with Gasteiger partial charge in [0.2, 0.25) is 0 Å². The summed E-state index contributed by atoms with van der Waals surface area (Å²) in [4.78, 5) is 2.65. The Kier molecular flexibility index (Phi) is 5.12. The SMILES string of the molecule is Nc1ccc(CN2C(c3ccccc3)CCCC2c2ccc(N)cc2)cc1. The number of benzene rings is 3. The second-order valence-electron chi connectivity index (χ2n) is 7.45. The zero-order valence-corrected chi connectivity index (χ0v) is 15.6. The Labute approximate surface area is 161 Å². The van der Waals surface area contributed by atoms with E-state index in [1.807, 2.05) is 24.3 Å². The third kappa shape index (κ3) is 3.99. The number of hydrogen-bond acceptors (Lipinski definition) is 3. The summed E-state index contributed by atoms with van der Waals surface area (Å²) in [6.07, 6.45) is 3.58. The van der Waals surface area contributed by atoms with Gasteiger partial charge in [-0.05, 0) is 60.2 Å². The number of likely N-dealkylation sites (tertiary alicyclic amines) is 1. The smallest absolute Gasteiger partial charge is 0.0357 e. The van der Waals surface area contributed by atoms with Gasteiger partial charge in [0.25, 0.3) is 0 Å². The fourth-order valence-corrected chi connectivity index (χ4v) is 4.22. The first kappa shape index (κ1) is 17.6. The van der Waals surface area contributed by atoms with E-state index in [2.05, 4.69) is 59.5 Å². The Hall–Kier alpha value is -2.78. The number of nitrogens with zero attached hydrogens (tertiary/aromatic N) is 1. The third-order valence-electron chi connectivity index (χ3n) is 5.61. The van der Waals surface area contributed by atoms with Gasteiger partial charge >= 0.3 is 0 Å². The first-order chi connectivity index (χ1) is 13.2. The van der Waals surface area contributed by atoms with E-state index in [0.29, 0.717) is 12.1 Å². The predicted octanol–water partition coefficient (Wildman–Crippen LogP) is 5.32. The van der Waals surface area contributed by atoms with Gasteiger partial charge in [-0.15, -0.1) is 0 Å². The summed E-state index contributed by atoms with van der Waals surface area (Å²) in [6, 6.07) is 28.4. The van der Waals surface area contributed by atoms with Crippen LogP contribution in [0.25, 0.3) is 0 Å². The van der Waals surface area contributed by atoms with Crippen molar-refractivity contribution in [2.24, 2.45) is 0 Å². The van der Waals surface area contributed by atoms with Crippen molar-refractivity contribution in [3.63, 3.8) is 0 Å². The molecule has 1 saturated heterocycles. The van der Waals surface area contributed by atoms with Crippen LogP contribution in [-0.4, -0.2) is 4.90 Å². The minimum Gasteiger partial charge on any atom is -0.399 e. The average molecular weight is 358 g/mol. The molecule has 0 bridgehead atoms. The highest BCUT2D eigenvalue weighted by atomic mass is 15.2. The van der Waals surface area contributed by atoms with E-state index < -0.39 is 0 Å². The molecule has 2 unspecified atom stereocenters. The highest BCUT2D eigenvalue weighted by Gasteiger charge is 2.32. The molecule has 0 amide bonds. The van der Waals surface area contributed by atoms with Crippen LogP contribution in [0, 0.1) is 0 Å². The molecule has 1 heterocycles. The average Bonchev–Trinajstić information content (AvgIpc) is 2.71. The molecule has 1 fully saturated rings.